The van der Waals surface area contributed by atoms with Crippen molar-refractivity contribution in [2.75, 3.05) is 13.7 Å². The first-order valence-corrected chi connectivity index (χ1v) is 4.95. The van der Waals surface area contributed by atoms with Gasteiger partial charge in [0.15, 0.2) is 0 Å². The van der Waals surface area contributed by atoms with Crippen LogP contribution in [0.15, 0.2) is 0 Å². The number of rotatable bonds is 6. The molecule has 78 valence electrons. The molecule has 0 amide bonds. The highest BCUT2D eigenvalue weighted by atomic mass is 16.5. The summed E-state index contributed by atoms with van der Waals surface area (Å²) in [5, 5.41) is 2.97. The Morgan fingerprint density at radius 2 is 2.08 bits per heavy atom. The number of nitrogens with one attached hydrogen (secondary N) is 1. The SMILES string of the molecule is CCCOC(=O)[C@H](CC(C)C)NC. The van der Waals surface area contributed by atoms with Gasteiger partial charge in [-0.15, -0.1) is 0 Å². The topological polar surface area (TPSA) is 38.3 Å². The predicted octanol–water partition coefficient (Wildman–Crippen LogP) is 1.57. The van der Waals surface area contributed by atoms with Gasteiger partial charge in [-0.05, 0) is 25.8 Å². The molecule has 3 heteroatoms. The minimum Gasteiger partial charge on any atom is -0.465 e. The number of carbonyl (C=O) groups is 1. The van der Waals surface area contributed by atoms with Crippen molar-refractivity contribution >= 4 is 5.97 Å². The van der Waals surface area contributed by atoms with Gasteiger partial charge in [-0.25, -0.2) is 0 Å². The molecule has 1 atom stereocenters. The van der Waals surface area contributed by atoms with E-state index in [1.54, 1.807) is 7.05 Å². The first-order chi connectivity index (χ1) is 6.11. The lowest BCUT2D eigenvalue weighted by atomic mass is 10.0. The summed E-state index contributed by atoms with van der Waals surface area (Å²) in [6, 6.07) is -0.147. The van der Waals surface area contributed by atoms with E-state index in [9.17, 15) is 4.79 Å². The largest absolute Gasteiger partial charge is 0.465 e. The van der Waals surface area contributed by atoms with Crippen LogP contribution in [0, 0.1) is 5.92 Å². The van der Waals surface area contributed by atoms with Crippen LogP contribution in [0.5, 0.6) is 0 Å². The normalized spacial score (nSPS) is 13.0. The highest BCUT2D eigenvalue weighted by Crippen LogP contribution is 2.05. The van der Waals surface area contributed by atoms with Crippen molar-refractivity contribution in [3.8, 4) is 0 Å². The van der Waals surface area contributed by atoms with Gasteiger partial charge >= 0.3 is 5.97 Å². The van der Waals surface area contributed by atoms with Crippen molar-refractivity contribution in [2.24, 2.45) is 5.92 Å². The Labute approximate surface area is 80.8 Å². The molecule has 0 aliphatic rings. The predicted molar refractivity (Wildman–Crippen MR) is 53.6 cm³/mol. The Bertz CT molecular complexity index is 146. The van der Waals surface area contributed by atoms with E-state index in [4.69, 9.17) is 4.74 Å². The number of hydrogen-bond donors (Lipinski definition) is 1. The monoisotopic (exact) mass is 187 g/mol. The smallest absolute Gasteiger partial charge is 0.323 e. The van der Waals surface area contributed by atoms with Gasteiger partial charge in [0.05, 0.1) is 6.61 Å². The molecule has 0 unspecified atom stereocenters. The average molecular weight is 187 g/mol. The van der Waals surface area contributed by atoms with Crippen LogP contribution >= 0.6 is 0 Å². The molecule has 0 aliphatic carbocycles. The number of ether oxygens (including phenoxy) is 1. The third kappa shape index (κ3) is 5.64. The van der Waals surface area contributed by atoms with Gasteiger partial charge in [-0.2, -0.15) is 0 Å². The van der Waals surface area contributed by atoms with E-state index in [1.807, 2.05) is 6.92 Å². The van der Waals surface area contributed by atoms with Gasteiger partial charge in [-0.1, -0.05) is 20.8 Å². The molecule has 0 rings (SSSR count). The summed E-state index contributed by atoms with van der Waals surface area (Å²) in [5.74, 6) is 0.379. The van der Waals surface area contributed by atoms with Crippen LogP contribution in [0.3, 0.4) is 0 Å². The van der Waals surface area contributed by atoms with Crippen molar-refractivity contribution in [3.05, 3.63) is 0 Å². The lowest BCUT2D eigenvalue weighted by molar-refractivity contribution is -0.146. The highest BCUT2D eigenvalue weighted by molar-refractivity contribution is 5.75. The summed E-state index contributed by atoms with van der Waals surface area (Å²) in [6.45, 7) is 6.70. The third-order valence-electron chi connectivity index (χ3n) is 1.79. The van der Waals surface area contributed by atoms with E-state index < -0.39 is 0 Å². The van der Waals surface area contributed by atoms with Crippen LogP contribution in [-0.4, -0.2) is 25.7 Å². The summed E-state index contributed by atoms with van der Waals surface area (Å²) < 4.78 is 5.04. The molecular formula is C10H21NO2. The minimum absolute atomic E-state index is 0.127. The second-order valence-corrected chi connectivity index (χ2v) is 3.64. The van der Waals surface area contributed by atoms with E-state index >= 15 is 0 Å². The molecule has 0 aromatic carbocycles. The maximum Gasteiger partial charge on any atom is 0.323 e. The summed E-state index contributed by atoms with van der Waals surface area (Å²) in [4.78, 5) is 11.4. The van der Waals surface area contributed by atoms with Gasteiger partial charge in [-0.3, -0.25) is 4.79 Å². The molecule has 1 N–H and O–H groups in total. The first-order valence-electron chi connectivity index (χ1n) is 4.95. The number of carbonyl (C=O) groups excluding carboxylic acids is 1. The zero-order chi connectivity index (χ0) is 10.3. The maximum atomic E-state index is 11.4. The van der Waals surface area contributed by atoms with E-state index in [-0.39, 0.29) is 12.0 Å². The summed E-state index contributed by atoms with van der Waals surface area (Å²) in [6.07, 6.45) is 1.71. The fraction of sp³-hybridized carbons (Fsp3) is 0.900. The van der Waals surface area contributed by atoms with E-state index in [0.717, 1.165) is 12.8 Å². The Morgan fingerprint density at radius 3 is 2.46 bits per heavy atom. The van der Waals surface area contributed by atoms with Crippen LogP contribution in [0.4, 0.5) is 0 Å². The molecule has 0 spiro atoms. The second kappa shape index (κ2) is 6.89. The molecule has 0 radical (unpaired) electrons. The molecule has 0 aliphatic heterocycles. The lowest BCUT2D eigenvalue weighted by Gasteiger charge is -2.16. The lowest BCUT2D eigenvalue weighted by Crippen LogP contribution is -2.36. The van der Waals surface area contributed by atoms with Gasteiger partial charge in [0.25, 0.3) is 0 Å². The van der Waals surface area contributed by atoms with E-state index in [2.05, 4.69) is 19.2 Å². The van der Waals surface area contributed by atoms with Crippen LogP contribution in [0.1, 0.15) is 33.6 Å². The standard InChI is InChI=1S/C10H21NO2/c1-5-6-13-10(12)9(11-4)7-8(2)3/h8-9,11H,5-7H2,1-4H3/t9-/m0/s1. The van der Waals surface area contributed by atoms with Crippen molar-refractivity contribution in [1.82, 2.24) is 5.32 Å². The Kier molecular flexibility index (Phi) is 6.59. The van der Waals surface area contributed by atoms with E-state index in [1.165, 1.54) is 0 Å². The molecule has 0 aromatic heterocycles. The first kappa shape index (κ1) is 12.4. The van der Waals surface area contributed by atoms with Crippen molar-refractivity contribution < 1.29 is 9.53 Å². The molecule has 3 nitrogen and oxygen atoms in total. The Balaban J connectivity index is 3.85. The van der Waals surface area contributed by atoms with Gasteiger partial charge in [0.2, 0.25) is 0 Å². The number of likely N-dealkylation sites (N-methyl/N-ethyl adjacent to an activating group) is 1. The highest BCUT2D eigenvalue weighted by Gasteiger charge is 2.18. The number of esters is 1. The van der Waals surface area contributed by atoms with Gasteiger partial charge < -0.3 is 10.1 Å². The molecule has 13 heavy (non-hydrogen) atoms. The Hall–Kier alpha value is -0.570. The molecular weight excluding hydrogens is 166 g/mol. The quantitative estimate of drug-likeness (QED) is 0.641. The van der Waals surface area contributed by atoms with Gasteiger partial charge in [0, 0.05) is 0 Å². The van der Waals surface area contributed by atoms with Crippen LogP contribution < -0.4 is 5.32 Å². The van der Waals surface area contributed by atoms with Crippen LogP contribution in [-0.2, 0) is 9.53 Å². The fourth-order valence-electron chi connectivity index (χ4n) is 1.11. The zero-order valence-electron chi connectivity index (χ0n) is 9.09. The van der Waals surface area contributed by atoms with Crippen LogP contribution in [0.2, 0.25) is 0 Å². The summed E-state index contributed by atoms with van der Waals surface area (Å²) >= 11 is 0. The molecule has 0 bridgehead atoms. The molecule has 0 saturated heterocycles. The second-order valence-electron chi connectivity index (χ2n) is 3.64. The Morgan fingerprint density at radius 1 is 1.46 bits per heavy atom. The summed E-state index contributed by atoms with van der Waals surface area (Å²) in [7, 11) is 1.79. The van der Waals surface area contributed by atoms with Crippen molar-refractivity contribution in [3.63, 3.8) is 0 Å². The fourth-order valence-corrected chi connectivity index (χ4v) is 1.11. The summed E-state index contributed by atoms with van der Waals surface area (Å²) in [5.41, 5.74) is 0. The number of hydrogen-bond acceptors (Lipinski definition) is 3. The average Bonchev–Trinajstić information content (AvgIpc) is 2.09. The van der Waals surface area contributed by atoms with Crippen LogP contribution in [0.25, 0.3) is 0 Å². The third-order valence-corrected chi connectivity index (χ3v) is 1.79. The van der Waals surface area contributed by atoms with Crippen molar-refractivity contribution in [1.29, 1.82) is 0 Å². The van der Waals surface area contributed by atoms with E-state index in [0.29, 0.717) is 12.5 Å². The molecule has 0 aromatic rings. The minimum atomic E-state index is -0.147. The molecule has 0 heterocycles. The molecule has 0 saturated carbocycles. The van der Waals surface area contributed by atoms with Gasteiger partial charge in [0.1, 0.15) is 6.04 Å². The zero-order valence-corrected chi connectivity index (χ0v) is 9.09. The molecule has 0 fully saturated rings. The van der Waals surface area contributed by atoms with Crippen molar-refractivity contribution in [2.45, 2.75) is 39.7 Å². The maximum absolute atomic E-state index is 11.4.